The minimum atomic E-state index is -0.0767. The zero-order valence-corrected chi connectivity index (χ0v) is 15.5. The maximum absolute atomic E-state index is 12.5. The highest BCUT2D eigenvalue weighted by Crippen LogP contribution is 2.31. The molecular weight excluding hydrogens is 318 g/mol. The van der Waals surface area contributed by atoms with Crippen LogP contribution in [0.1, 0.15) is 39.2 Å². The van der Waals surface area contributed by atoms with Gasteiger partial charge < -0.3 is 19.1 Å². The predicted octanol–water partition coefficient (Wildman–Crippen LogP) is 2.97. The average molecular weight is 347 g/mol. The molecule has 2 aliphatic heterocycles. The molecular formula is C20H29NO4. The first-order chi connectivity index (χ1) is 11.9. The zero-order valence-electron chi connectivity index (χ0n) is 15.5. The van der Waals surface area contributed by atoms with Crippen LogP contribution in [-0.4, -0.2) is 50.0 Å². The number of piperidine rings is 1. The Morgan fingerprint density at radius 3 is 2.44 bits per heavy atom. The van der Waals surface area contributed by atoms with Gasteiger partial charge in [-0.05, 0) is 29.9 Å². The molecule has 1 amide bonds. The highest BCUT2D eigenvalue weighted by atomic mass is 16.7. The standard InChI is InChI=1S/C20H29NO4/c1-20(2,3)16-6-4-5-7-17(16)25-14-18(22)21-10-8-15(9-11-21)19-23-12-13-24-19/h4-7,15,19H,8-14H2,1-3H3. The van der Waals surface area contributed by atoms with E-state index in [1.807, 2.05) is 23.1 Å². The van der Waals surface area contributed by atoms with E-state index < -0.39 is 0 Å². The molecule has 0 aromatic heterocycles. The molecule has 1 aromatic carbocycles. The highest BCUT2D eigenvalue weighted by Gasteiger charge is 2.32. The summed E-state index contributed by atoms with van der Waals surface area (Å²) in [6.07, 6.45) is 1.77. The molecule has 0 bridgehead atoms. The molecule has 138 valence electrons. The van der Waals surface area contributed by atoms with Gasteiger partial charge in [0.15, 0.2) is 12.9 Å². The van der Waals surface area contributed by atoms with E-state index in [2.05, 4.69) is 26.8 Å². The summed E-state index contributed by atoms with van der Waals surface area (Å²) in [6, 6.07) is 7.96. The van der Waals surface area contributed by atoms with Crippen molar-refractivity contribution in [2.75, 3.05) is 32.9 Å². The Balaban J connectivity index is 1.51. The fourth-order valence-electron chi connectivity index (χ4n) is 3.51. The van der Waals surface area contributed by atoms with Crippen LogP contribution in [0.2, 0.25) is 0 Å². The van der Waals surface area contributed by atoms with Gasteiger partial charge in [0.05, 0.1) is 13.2 Å². The molecule has 5 nitrogen and oxygen atoms in total. The first kappa shape index (κ1) is 18.2. The first-order valence-corrected chi connectivity index (χ1v) is 9.18. The second kappa shape index (κ2) is 7.75. The number of likely N-dealkylation sites (tertiary alicyclic amines) is 1. The Labute approximate surface area is 150 Å². The van der Waals surface area contributed by atoms with Crippen molar-refractivity contribution in [2.45, 2.75) is 45.3 Å². The van der Waals surface area contributed by atoms with Crippen LogP contribution in [0, 0.1) is 5.92 Å². The Hall–Kier alpha value is -1.59. The molecule has 0 aliphatic carbocycles. The predicted molar refractivity (Wildman–Crippen MR) is 95.6 cm³/mol. The number of carbonyl (C=O) groups excluding carboxylic acids is 1. The number of para-hydroxylation sites is 1. The van der Waals surface area contributed by atoms with Crippen molar-refractivity contribution < 1.29 is 19.0 Å². The minimum absolute atomic E-state index is 0.0146. The van der Waals surface area contributed by atoms with Crippen molar-refractivity contribution in [3.8, 4) is 5.75 Å². The molecule has 0 saturated carbocycles. The van der Waals surface area contributed by atoms with Gasteiger partial charge in [0, 0.05) is 19.0 Å². The summed E-state index contributed by atoms with van der Waals surface area (Å²) in [5.74, 6) is 1.25. The summed E-state index contributed by atoms with van der Waals surface area (Å²) < 4.78 is 17.0. The second-order valence-corrected chi connectivity index (χ2v) is 7.86. The van der Waals surface area contributed by atoms with E-state index in [-0.39, 0.29) is 24.2 Å². The number of ether oxygens (including phenoxy) is 3. The number of hydrogen-bond donors (Lipinski definition) is 0. The Kier molecular flexibility index (Phi) is 5.64. The van der Waals surface area contributed by atoms with Gasteiger partial charge in [0.2, 0.25) is 0 Å². The number of amides is 1. The van der Waals surface area contributed by atoms with Gasteiger partial charge in [-0.1, -0.05) is 39.0 Å². The minimum Gasteiger partial charge on any atom is -0.483 e. The topological polar surface area (TPSA) is 48.0 Å². The maximum atomic E-state index is 12.5. The molecule has 2 fully saturated rings. The fourth-order valence-corrected chi connectivity index (χ4v) is 3.51. The van der Waals surface area contributed by atoms with Crippen LogP contribution in [0.3, 0.4) is 0 Å². The van der Waals surface area contributed by atoms with E-state index in [9.17, 15) is 4.79 Å². The Bertz CT molecular complexity index is 582. The largest absolute Gasteiger partial charge is 0.483 e. The van der Waals surface area contributed by atoms with Crippen LogP contribution < -0.4 is 4.74 Å². The summed E-state index contributed by atoms with van der Waals surface area (Å²) in [7, 11) is 0. The van der Waals surface area contributed by atoms with Gasteiger partial charge in [-0.2, -0.15) is 0 Å². The summed E-state index contributed by atoms with van der Waals surface area (Å²) in [4.78, 5) is 14.4. The van der Waals surface area contributed by atoms with Gasteiger partial charge in [0.1, 0.15) is 5.75 Å². The number of rotatable bonds is 4. The molecule has 0 N–H and O–H groups in total. The van der Waals surface area contributed by atoms with Crippen LogP contribution in [-0.2, 0) is 19.7 Å². The summed E-state index contributed by atoms with van der Waals surface area (Å²) in [5, 5.41) is 0. The number of benzene rings is 1. The van der Waals surface area contributed by atoms with E-state index in [1.54, 1.807) is 0 Å². The van der Waals surface area contributed by atoms with Crippen molar-refractivity contribution in [1.29, 1.82) is 0 Å². The van der Waals surface area contributed by atoms with E-state index in [1.165, 1.54) is 0 Å². The van der Waals surface area contributed by atoms with Crippen molar-refractivity contribution in [1.82, 2.24) is 4.90 Å². The Morgan fingerprint density at radius 2 is 1.80 bits per heavy atom. The molecule has 25 heavy (non-hydrogen) atoms. The maximum Gasteiger partial charge on any atom is 0.260 e. The lowest BCUT2D eigenvalue weighted by molar-refractivity contribution is -0.138. The zero-order chi connectivity index (χ0) is 17.9. The number of nitrogens with zero attached hydrogens (tertiary/aromatic N) is 1. The third-order valence-corrected chi connectivity index (χ3v) is 4.97. The van der Waals surface area contributed by atoms with Crippen LogP contribution in [0.4, 0.5) is 0 Å². The molecule has 0 spiro atoms. The number of hydrogen-bond acceptors (Lipinski definition) is 4. The lowest BCUT2D eigenvalue weighted by Gasteiger charge is -2.34. The Morgan fingerprint density at radius 1 is 1.16 bits per heavy atom. The lowest BCUT2D eigenvalue weighted by atomic mass is 9.86. The van der Waals surface area contributed by atoms with Crippen molar-refractivity contribution >= 4 is 5.91 Å². The third-order valence-electron chi connectivity index (χ3n) is 4.97. The molecule has 1 aromatic rings. The van der Waals surface area contributed by atoms with E-state index in [4.69, 9.17) is 14.2 Å². The van der Waals surface area contributed by atoms with E-state index >= 15 is 0 Å². The van der Waals surface area contributed by atoms with Crippen LogP contribution >= 0.6 is 0 Å². The molecule has 2 aliphatic rings. The quantitative estimate of drug-likeness (QED) is 0.840. The summed E-state index contributed by atoms with van der Waals surface area (Å²) in [6.45, 7) is 9.40. The highest BCUT2D eigenvalue weighted by molar-refractivity contribution is 5.77. The van der Waals surface area contributed by atoms with E-state index in [0.29, 0.717) is 19.1 Å². The molecule has 2 saturated heterocycles. The SMILES string of the molecule is CC(C)(C)c1ccccc1OCC(=O)N1CCC(C2OCCO2)CC1. The molecule has 5 heteroatoms. The average Bonchev–Trinajstić information content (AvgIpc) is 3.14. The third kappa shape index (κ3) is 4.53. The van der Waals surface area contributed by atoms with Gasteiger partial charge in [-0.15, -0.1) is 0 Å². The first-order valence-electron chi connectivity index (χ1n) is 9.18. The van der Waals surface area contributed by atoms with Crippen molar-refractivity contribution in [3.63, 3.8) is 0 Å². The second-order valence-electron chi connectivity index (χ2n) is 7.86. The van der Waals surface area contributed by atoms with Crippen LogP contribution in [0.15, 0.2) is 24.3 Å². The van der Waals surface area contributed by atoms with Gasteiger partial charge in [-0.3, -0.25) is 4.79 Å². The van der Waals surface area contributed by atoms with Gasteiger partial charge in [0.25, 0.3) is 5.91 Å². The monoisotopic (exact) mass is 347 g/mol. The van der Waals surface area contributed by atoms with Gasteiger partial charge >= 0.3 is 0 Å². The normalized spacial score (nSPS) is 20.0. The molecule has 0 unspecified atom stereocenters. The fraction of sp³-hybridized carbons (Fsp3) is 0.650. The summed E-state index contributed by atoms with van der Waals surface area (Å²) in [5.41, 5.74) is 1.11. The van der Waals surface area contributed by atoms with E-state index in [0.717, 1.165) is 37.2 Å². The molecule has 0 atom stereocenters. The van der Waals surface area contributed by atoms with Gasteiger partial charge in [-0.25, -0.2) is 0 Å². The smallest absolute Gasteiger partial charge is 0.260 e. The molecule has 2 heterocycles. The van der Waals surface area contributed by atoms with Crippen molar-refractivity contribution in [3.05, 3.63) is 29.8 Å². The number of carbonyl (C=O) groups is 1. The lowest BCUT2D eigenvalue weighted by Crippen LogP contribution is -2.43. The molecule has 3 rings (SSSR count). The van der Waals surface area contributed by atoms with Crippen LogP contribution in [0.5, 0.6) is 5.75 Å². The van der Waals surface area contributed by atoms with Crippen LogP contribution in [0.25, 0.3) is 0 Å². The summed E-state index contributed by atoms with van der Waals surface area (Å²) >= 11 is 0. The molecule has 0 radical (unpaired) electrons. The van der Waals surface area contributed by atoms with Crippen molar-refractivity contribution in [2.24, 2.45) is 5.92 Å².